The molecule has 0 unspecified atom stereocenters. The molecule has 7 heteroatoms. The van der Waals surface area contributed by atoms with Gasteiger partial charge in [-0.05, 0) is 18.2 Å². The van der Waals surface area contributed by atoms with Crippen molar-refractivity contribution in [3.8, 4) is 0 Å². The molecule has 4 rings (SSSR count). The van der Waals surface area contributed by atoms with Crippen molar-refractivity contribution in [2.75, 3.05) is 18.6 Å². The molecule has 120 valence electrons. The molecule has 0 N–H and O–H groups in total. The average Bonchev–Trinajstić information content (AvgIpc) is 3.18. The molecule has 3 aliphatic heterocycles. The van der Waals surface area contributed by atoms with Crippen LogP contribution >= 0.6 is 11.6 Å². The Morgan fingerprint density at radius 1 is 1.52 bits per heavy atom. The molecule has 0 aliphatic carbocycles. The first kappa shape index (κ1) is 14.7. The Morgan fingerprint density at radius 2 is 2.30 bits per heavy atom. The van der Waals surface area contributed by atoms with Crippen LogP contribution in [0.15, 0.2) is 30.4 Å². The fourth-order valence-corrected chi connectivity index (χ4v) is 3.89. The molecule has 1 amide bonds. The summed E-state index contributed by atoms with van der Waals surface area (Å²) in [5.74, 6) is -2.65. The molecule has 0 saturated carbocycles. The molecular weight excluding hydrogens is 325 g/mol. The number of anilines is 1. The highest BCUT2D eigenvalue weighted by molar-refractivity contribution is 6.30. The maximum atomic E-state index is 13.7. The first-order valence-electron chi connectivity index (χ1n) is 7.18. The van der Waals surface area contributed by atoms with Crippen molar-refractivity contribution in [3.05, 3.63) is 41.2 Å². The molecule has 0 aromatic heterocycles. The third kappa shape index (κ3) is 1.88. The van der Waals surface area contributed by atoms with Crippen molar-refractivity contribution in [2.24, 2.45) is 11.8 Å². The van der Waals surface area contributed by atoms with E-state index in [0.717, 1.165) is 0 Å². The highest BCUT2D eigenvalue weighted by Crippen LogP contribution is 2.52. The lowest BCUT2D eigenvalue weighted by Crippen LogP contribution is -2.39. The quantitative estimate of drug-likeness (QED) is 0.611. The normalized spacial score (nSPS) is 34.1. The standard InChI is InChI=1S/C16H13ClFNO4/c1-22-15(21)12-11-4-5-16(23-11)7-19(14(20)13(12)16)8-2-3-9(17)10(18)6-8/h2-6,11-13H,7H2,1H3/t11-,12-,13+,16+/m1/s1. The van der Waals surface area contributed by atoms with Crippen LogP contribution in [0.4, 0.5) is 10.1 Å². The van der Waals surface area contributed by atoms with Crippen LogP contribution in [-0.2, 0) is 19.1 Å². The highest BCUT2D eigenvalue weighted by atomic mass is 35.5. The van der Waals surface area contributed by atoms with E-state index in [1.54, 1.807) is 12.1 Å². The van der Waals surface area contributed by atoms with Crippen LogP contribution in [0.3, 0.4) is 0 Å². The number of halogens is 2. The number of ether oxygens (including phenoxy) is 2. The molecule has 1 spiro atoms. The molecule has 3 heterocycles. The van der Waals surface area contributed by atoms with Crippen LogP contribution in [0.25, 0.3) is 0 Å². The van der Waals surface area contributed by atoms with Gasteiger partial charge >= 0.3 is 5.97 Å². The first-order chi connectivity index (χ1) is 11.0. The van der Waals surface area contributed by atoms with Gasteiger partial charge in [0, 0.05) is 5.69 Å². The van der Waals surface area contributed by atoms with Crippen LogP contribution in [0.1, 0.15) is 0 Å². The highest BCUT2D eigenvalue weighted by Gasteiger charge is 2.67. The third-order valence-corrected chi connectivity index (χ3v) is 5.10. The predicted octanol–water partition coefficient (Wildman–Crippen LogP) is 1.94. The minimum Gasteiger partial charge on any atom is -0.469 e. The van der Waals surface area contributed by atoms with Gasteiger partial charge in [0.15, 0.2) is 0 Å². The minimum absolute atomic E-state index is 0.0109. The topological polar surface area (TPSA) is 55.8 Å². The molecule has 2 saturated heterocycles. The summed E-state index contributed by atoms with van der Waals surface area (Å²) >= 11 is 5.69. The van der Waals surface area contributed by atoms with Gasteiger partial charge in [0.1, 0.15) is 17.3 Å². The zero-order valence-electron chi connectivity index (χ0n) is 12.2. The van der Waals surface area contributed by atoms with Crippen LogP contribution in [-0.4, -0.2) is 37.2 Å². The number of carbonyl (C=O) groups excluding carboxylic acids is 2. The van der Waals surface area contributed by atoms with Crippen LogP contribution < -0.4 is 4.90 Å². The molecule has 23 heavy (non-hydrogen) atoms. The number of hydrogen-bond donors (Lipinski definition) is 0. The molecule has 2 fully saturated rings. The Kier molecular flexibility index (Phi) is 3.05. The van der Waals surface area contributed by atoms with E-state index in [-0.39, 0.29) is 17.5 Å². The number of benzene rings is 1. The van der Waals surface area contributed by atoms with Gasteiger partial charge in [-0.1, -0.05) is 23.8 Å². The van der Waals surface area contributed by atoms with E-state index in [1.807, 2.05) is 6.08 Å². The predicted molar refractivity (Wildman–Crippen MR) is 79.5 cm³/mol. The van der Waals surface area contributed by atoms with Crippen molar-refractivity contribution in [1.82, 2.24) is 0 Å². The Labute approximate surface area is 136 Å². The molecule has 4 atom stereocenters. The second-order valence-electron chi connectivity index (χ2n) is 5.95. The zero-order valence-corrected chi connectivity index (χ0v) is 12.9. The lowest BCUT2D eigenvalue weighted by molar-refractivity contribution is -0.149. The zero-order chi connectivity index (χ0) is 16.4. The largest absolute Gasteiger partial charge is 0.469 e. The average molecular weight is 338 g/mol. The van der Waals surface area contributed by atoms with Crippen molar-refractivity contribution in [1.29, 1.82) is 0 Å². The molecule has 1 aromatic carbocycles. The molecule has 2 bridgehead atoms. The number of amides is 1. The summed E-state index contributed by atoms with van der Waals surface area (Å²) in [6.45, 7) is 0.234. The monoisotopic (exact) mass is 337 g/mol. The van der Waals surface area contributed by atoms with Gasteiger partial charge in [0.05, 0.1) is 30.7 Å². The van der Waals surface area contributed by atoms with E-state index >= 15 is 0 Å². The second-order valence-corrected chi connectivity index (χ2v) is 6.35. The minimum atomic E-state index is -0.850. The summed E-state index contributed by atoms with van der Waals surface area (Å²) < 4.78 is 24.4. The summed E-state index contributed by atoms with van der Waals surface area (Å²) in [6.07, 6.45) is 3.17. The summed E-state index contributed by atoms with van der Waals surface area (Å²) in [7, 11) is 1.29. The van der Waals surface area contributed by atoms with E-state index in [2.05, 4.69) is 0 Å². The SMILES string of the molecule is COC(=O)[C@H]1[C@H]2C(=O)N(c3ccc(Cl)c(F)c3)C[C@@]23C=C[C@H]1O3. The van der Waals surface area contributed by atoms with Gasteiger partial charge < -0.3 is 14.4 Å². The molecule has 1 aromatic rings. The summed E-state index contributed by atoms with van der Waals surface area (Å²) in [5.41, 5.74) is -0.457. The molecule has 0 radical (unpaired) electrons. The van der Waals surface area contributed by atoms with Gasteiger partial charge in [-0.2, -0.15) is 0 Å². The van der Waals surface area contributed by atoms with Crippen molar-refractivity contribution in [3.63, 3.8) is 0 Å². The van der Waals surface area contributed by atoms with E-state index in [9.17, 15) is 14.0 Å². The van der Waals surface area contributed by atoms with Gasteiger partial charge in [0.2, 0.25) is 5.91 Å². The van der Waals surface area contributed by atoms with E-state index < -0.39 is 35.3 Å². The third-order valence-electron chi connectivity index (χ3n) is 4.79. The van der Waals surface area contributed by atoms with Crippen LogP contribution in [0.5, 0.6) is 0 Å². The Hall–Kier alpha value is -1.92. The number of fused-ring (bicyclic) bond motifs is 1. The Bertz CT molecular complexity index is 752. The fraction of sp³-hybridized carbons (Fsp3) is 0.375. The van der Waals surface area contributed by atoms with Gasteiger partial charge in [0.25, 0.3) is 0 Å². The molecule has 3 aliphatic rings. The maximum Gasteiger partial charge on any atom is 0.312 e. The number of carbonyl (C=O) groups is 2. The first-order valence-corrected chi connectivity index (χ1v) is 7.56. The lowest BCUT2D eigenvalue weighted by atomic mass is 9.77. The number of rotatable bonds is 2. The van der Waals surface area contributed by atoms with Crippen molar-refractivity contribution < 1.29 is 23.5 Å². The molecule has 5 nitrogen and oxygen atoms in total. The lowest BCUT2D eigenvalue weighted by Gasteiger charge is -2.22. The summed E-state index contributed by atoms with van der Waals surface area (Å²) in [6, 6.07) is 4.18. The number of nitrogens with zero attached hydrogens (tertiary/aromatic N) is 1. The summed E-state index contributed by atoms with van der Waals surface area (Å²) in [5, 5.41) is -0.0109. The second kappa shape index (κ2) is 4.79. The number of esters is 1. The fourth-order valence-electron chi connectivity index (χ4n) is 3.77. The number of hydrogen-bond acceptors (Lipinski definition) is 4. The van der Waals surface area contributed by atoms with Crippen LogP contribution in [0, 0.1) is 17.7 Å². The van der Waals surface area contributed by atoms with E-state index in [1.165, 1.54) is 24.1 Å². The smallest absolute Gasteiger partial charge is 0.312 e. The Balaban J connectivity index is 1.73. The Morgan fingerprint density at radius 3 is 3.00 bits per heavy atom. The van der Waals surface area contributed by atoms with Crippen molar-refractivity contribution >= 4 is 29.2 Å². The number of methoxy groups -OCH3 is 1. The van der Waals surface area contributed by atoms with E-state index in [0.29, 0.717) is 5.69 Å². The molecular formula is C16H13ClFNO4. The van der Waals surface area contributed by atoms with Crippen LogP contribution in [0.2, 0.25) is 5.02 Å². The van der Waals surface area contributed by atoms with Gasteiger partial charge in [-0.15, -0.1) is 0 Å². The summed E-state index contributed by atoms with van der Waals surface area (Å²) in [4.78, 5) is 26.3. The van der Waals surface area contributed by atoms with Gasteiger partial charge in [-0.3, -0.25) is 9.59 Å². The maximum absolute atomic E-state index is 13.7. The van der Waals surface area contributed by atoms with Gasteiger partial charge in [-0.25, -0.2) is 4.39 Å². The van der Waals surface area contributed by atoms with E-state index in [4.69, 9.17) is 21.1 Å². The van der Waals surface area contributed by atoms with Crippen molar-refractivity contribution in [2.45, 2.75) is 11.7 Å².